The first-order chi connectivity index (χ1) is 17.5. The minimum Gasteiger partial charge on any atom is -0.480 e. The number of nitrogens with one attached hydrogen (secondary N) is 4. The average molecular weight is 511 g/mol. The number of carbonyl (C=O) groups is 5. The molecule has 1 fully saturated rings. The van der Waals surface area contributed by atoms with Crippen LogP contribution in [0.2, 0.25) is 0 Å². The smallest absolute Gasteiger partial charge is 0.408 e. The first-order valence-electron chi connectivity index (χ1n) is 11.1. The van der Waals surface area contributed by atoms with Crippen molar-refractivity contribution in [2.75, 3.05) is 13.1 Å². The molecule has 13 nitrogen and oxygen atoms in total. The maximum atomic E-state index is 13.0. The molecular weight excluding hydrogens is 484 g/mol. The molecule has 1 aliphatic heterocycles. The van der Waals surface area contributed by atoms with Crippen molar-refractivity contribution in [2.45, 2.75) is 25.1 Å². The van der Waals surface area contributed by atoms with Crippen LogP contribution in [0.1, 0.15) is 23.6 Å². The Morgan fingerprint density at radius 2 is 1.78 bits per heavy atom. The fourth-order valence-corrected chi connectivity index (χ4v) is 3.54. The molecule has 1 heterocycles. The number of carboxylic acids is 1. The summed E-state index contributed by atoms with van der Waals surface area (Å²) in [4.78, 5) is 62.1. The Kier molecular flexibility index (Phi) is 8.07. The molecule has 2 aromatic carbocycles. The van der Waals surface area contributed by atoms with Gasteiger partial charge in [0.05, 0.1) is 0 Å². The molecule has 0 aliphatic carbocycles. The fourth-order valence-electron chi connectivity index (χ4n) is 3.54. The van der Waals surface area contributed by atoms with E-state index in [4.69, 9.17) is 15.9 Å². The summed E-state index contributed by atoms with van der Waals surface area (Å²) in [6.45, 7) is 0.214. The lowest BCUT2D eigenvalue weighted by Crippen LogP contribution is -2.50. The monoisotopic (exact) mass is 510 g/mol. The molecule has 0 aromatic heterocycles. The molecule has 5 amide bonds. The van der Waals surface area contributed by atoms with Crippen molar-refractivity contribution in [2.24, 2.45) is 5.73 Å². The van der Waals surface area contributed by atoms with Crippen molar-refractivity contribution < 1.29 is 33.8 Å². The van der Waals surface area contributed by atoms with Gasteiger partial charge in [0.25, 0.3) is 5.91 Å². The number of alkyl carbamates (subject to hydrolysis) is 1. The van der Waals surface area contributed by atoms with Gasteiger partial charge in [-0.15, -0.1) is 0 Å². The van der Waals surface area contributed by atoms with Gasteiger partial charge in [0, 0.05) is 12.1 Å². The highest BCUT2D eigenvalue weighted by atomic mass is 16.5. The van der Waals surface area contributed by atoms with Gasteiger partial charge in [0.1, 0.15) is 30.6 Å². The number of nitrogens with two attached hydrogens (primary N) is 1. The minimum atomic E-state index is -1.51. The second kappa shape index (κ2) is 11.2. The molecule has 194 valence electrons. The number of urea groups is 1. The highest BCUT2D eigenvalue weighted by Crippen LogP contribution is 2.28. The number of ether oxygens (including phenoxy) is 1. The number of amidine groups is 1. The molecule has 2 unspecified atom stereocenters. The number of carbonyl (C=O) groups excluding carboxylic acids is 4. The largest absolute Gasteiger partial charge is 0.480 e. The second-order valence-electron chi connectivity index (χ2n) is 8.34. The highest BCUT2D eigenvalue weighted by Gasteiger charge is 2.49. The van der Waals surface area contributed by atoms with Gasteiger partial charge in [-0.2, -0.15) is 0 Å². The predicted molar refractivity (Wildman–Crippen MR) is 129 cm³/mol. The minimum absolute atomic E-state index is 0.0756. The Morgan fingerprint density at radius 3 is 2.38 bits per heavy atom. The SMILES string of the molecule is CC1(c2ccc(C(=N)N)cc2)NC(=O)N(CC(=O)NCC(NC(=O)OCc2ccccc2)C(=O)O)C1=O. The lowest BCUT2D eigenvalue weighted by molar-refractivity contribution is -0.139. The van der Waals surface area contributed by atoms with Crippen molar-refractivity contribution >= 4 is 35.7 Å². The van der Waals surface area contributed by atoms with Crippen LogP contribution in [0.25, 0.3) is 0 Å². The standard InChI is InChI=1S/C24H26N6O7/c1-24(16-9-7-15(8-10-16)19(25)26)21(34)30(22(35)29-24)12-18(31)27-11-17(20(32)33)28-23(36)37-13-14-5-3-2-4-6-14/h2-10,17H,11-13H2,1H3,(H3,25,26)(H,27,31)(H,28,36)(H,29,35)(H,32,33). The van der Waals surface area contributed by atoms with Gasteiger partial charge in [-0.1, -0.05) is 54.6 Å². The predicted octanol–water partition coefficient (Wildman–Crippen LogP) is 0.233. The number of hydrogen-bond acceptors (Lipinski definition) is 7. The Morgan fingerprint density at radius 1 is 1.14 bits per heavy atom. The lowest BCUT2D eigenvalue weighted by Gasteiger charge is -2.22. The zero-order valence-corrected chi connectivity index (χ0v) is 19.8. The molecular formula is C24H26N6O7. The molecule has 7 N–H and O–H groups in total. The van der Waals surface area contributed by atoms with Crippen molar-refractivity contribution in [1.29, 1.82) is 5.41 Å². The molecule has 1 saturated heterocycles. The van der Waals surface area contributed by atoms with Gasteiger partial charge in [0.2, 0.25) is 5.91 Å². The summed E-state index contributed by atoms with van der Waals surface area (Å²) in [5.74, 6) is -3.09. The van der Waals surface area contributed by atoms with Crippen LogP contribution in [0, 0.1) is 5.41 Å². The van der Waals surface area contributed by atoms with E-state index in [0.29, 0.717) is 21.6 Å². The van der Waals surface area contributed by atoms with Gasteiger partial charge in [0.15, 0.2) is 0 Å². The van der Waals surface area contributed by atoms with E-state index in [1.165, 1.54) is 19.1 Å². The van der Waals surface area contributed by atoms with E-state index >= 15 is 0 Å². The number of hydrogen-bond donors (Lipinski definition) is 6. The first kappa shape index (κ1) is 26.7. The summed E-state index contributed by atoms with van der Waals surface area (Å²) in [7, 11) is 0. The van der Waals surface area contributed by atoms with Gasteiger partial charge in [-0.3, -0.25) is 19.9 Å². The maximum absolute atomic E-state index is 13.0. The molecule has 37 heavy (non-hydrogen) atoms. The number of nitrogens with zero attached hydrogens (tertiary/aromatic N) is 1. The molecule has 0 radical (unpaired) electrons. The van der Waals surface area contributed by atoms with E-state index in [0.717, 1.165) is 0 Å². The van der Waals surface area contributed by atoms with Crippen molar-refractivity contribution in [3.05, 3.63) is 71.3 Å². The third kappa shape index (κ3) is 6.39. The van der Waals surface area contributed by atoms with Crippen molar-refractivity contribution in [1.82, 2.24) is 20.9 Å². The summed E-state index contributed by atoms with van der Waals surface area (Å²) in [6.07, 6.45) is -0.994. The Labute approximate surface area is 211 Å². The Hall–Kier alpha value is -4.94. The van der Waals surface area contributed by atoms with Crippen LogP contribution in [0.4, 0.5) is 9.59 Å². The summed E-state index contributed by atoms with van der Waals surface area (Å²) >= 11 is 0. The third-order valence-corrected chi connectivity index (χ3v) is 5.66. The van der Waals surface area contributed by atoms with E-state index in [9.17, 15) is 29.1 Å². The molecule has 0 saturated carbocycles. The summed E-state index contributed by atoms with van der Waals surface area (Å²) in [5.41, 5.74) is 5.54. The van der Waals surface area contributed by atoms with Crippen LogP contribution in [0.3, 0.4) is 0 Å². The van der Waals surface area contributed by atoms with Crippen LogP contribution < -0.4 is 21.7 Å². The van der Waals surface area contributed by atoms with Gasteiger partial charge >= 0.3 is 18.1 Å². The van der Waals surface area contributed by atoms with Gasteiger partial charge < -0.3 is 31.5 Å². The van der Waals surface area contributed by atoms with E-state index in [1.54, 1.807) is 42.5 Å². The average Bonchev–Trinajstić information content (AvgIpc) is 3.09. The number of rotatable bonds is 10. The second-order valence-corrected chi connectivity index (χ2v) is 8.34. The molecule has 0 bridgehead atoms. The molecule has 13 heteroatoms. The van der Waals surface area contributed by atoms with Crippen LogP contribution in [0.5, 0.6) is 0 Å². The first-order valence-corrected chi connectivity index (χ1v) is 11.1. The van der Waals surface area contributed by atoms with E-state index < -0.39 is 54.6 Å². The number of carboxylic acid groups (broad SMARTS) is 1. The number of nitrogen functional groups attached to an aromatic ring is 1. The molecule has 3 rings (SSSR count). The quantitative estimate of drug-likeness (QED) is 0.148. The zero-order valence-electron chi connectivity index (χ0n) is 19.8. The zero-order chi connectivity index (χ0) is 27.2. The topological polar surface area (TPSA) is 204 Å². The van der Waals surface area contributed by atoms with E-state index in [1.807, 2.05) is 0 Å². The van der Waals surface area contributed by atoms with Gasteiger partial charge in [-0.05, 0) is 18.1 Å². The number of imide groups is 1. The normalized spacial score (nSPS) is 17.5. The summed E-state index contributed by atoms with van der Waals surface area (Å²) in [5, 5.41) is 23.8. The molecule has 2 atom stereocenters. The molecule has 0 spiro atoms. The van der Waals surface area contributed by atoms with Gasteiger partial charge in [-0.25, -0.2) is 14.4 Å². The summed E-state index contributed by atoms with van der Waals surface area (Å²) in [6, 6.07) is 12.6. The Balaban J connectivity index is 1.55. The highest BCUT2D eigenvalue weighted by molar-refractivity contribution is 6.09. The number of amides is 5. The Bertz CT molecular complexity index is 1220. The van der Waals surface area contributed by atoms with E-state index in [2.05, 4.69) is 16.0 Å². The van der Waals surface area contributed by atoms with Crippen LogP contribution in [-0.4, -0.2) is 64.9 Å². The van der Waals surface area contributed by atoms with E-state index in [-0.39, 0.29) is 12.4 Å². The fraction of sp³-hybridized carbons (Fsp3) is 0.250. The number of benzene rings is 2. The van der Waals surface area contributed by atoms with Crippen LogP contribution >= 0.6 is 0 Å². The third-order valence-electron chi connectivity index (χ3n) is 5.66. The van der Waals surface area contributed by atoms with Crippen LogP contribution in [0.15, 0.2) is 54.6 Å². The lowest BCUT2D eigenvalue weighted by atomic mass is 9.91. The molecule has 1 aliphatic rings. The molecule has 2 aromatic rings. The van der Waals surface area contributed by atoms with Crippen LogP contribution in [-0.2, 0) is 31.3 Å². The van der Waals surface area contributed by atoms with Crippen molar-refractivity contribution in [3.63, 3.8) is 0 Å². The number of aliphatic carboxylic acids is 1. The summed E-state index contributed by atoms with van der Waals surface area (Å²) < 4.78 is 4.99. The van der Waals surface area contributed by atoms with Crippen molar-refractivity contribution in [3.8, 4) is 0 Å². The maximum Gasteiger partial charge on any atom is 0.408 e.